The van der Waals surface area contributed by atoms with E-state index in [1.54, 1.807) is 7.11 Å². The van der Waals surface area contributed by atoms with Crippen molar-refractivity contribution in [3.63, 3.8) is 0 Å². The first kappa shape index (κ1) is 21.2. The monoisotopic (exact) mass is 342 g/mol. The van der Waals surface area contributed by atoms with Crippen molar-refractivity contribution in [2.75, 3.05) is 60.1 Å². The lowest BCUT2D eigenvalue weighted by atomic mass is 10.3. The molecule has 1 aliphatic carbocycles. The van der Waals surface area contributed by atoms with Gasteiger partial charge in [-0.25, -0.2) is 0 Å². The second-order valence-electron chi connectivity index (χ2n) is 6.47. The van der Waals surface area contributed by atoms with E-state index in [0.29, 0.717) is 6.10 Å². The van der Waals surface area contributed by atoms with Crippen LogP contribution in [0.4, 0.5) is 0 Å². The summed E-state index contributed by atoms with van der Waals surface area (Å²) < 4.78 is 11.0. The number of nitrogens with one attached hydrogen (secondary N) is 2. The van der Waals surface area contributed by atoms with Gasteiger partial charge in [0.15, 0.2) is 5.96 Å². The molecule has 0 aliphatic heterocycles. The van der Waals surface area contributed by atoms with Crippen LogP contribution in [0, 0.1) is 0 Å². The Kier molecular flexibility index (Phi) is 12.8. The molecule has 0 aromatic rings. The van der Waals surface area contributed by atoms with Gasteiger partial charge < -0.3 is 25.0 Å². The molecule has 0 aromatic heterocycles. The van der Waals surface area contributed by atoms with Gasteiger partial charge in [-0.1, -0.05) is 12.8 Å². The van der Waals surface area contributed by atoms with E-state index < -0.39 is 0 Å². The fourth-order valence-corrected chi connectivity index (χ4v) is 2.86. The second kappa shape index (κ2) is 14.5. The lowest BCUT2D eigenvalue weighted by Gasteiger charge is -2.18. The third-order valence-corrected chi connectivity index (χ3v) is 4.25. The summed E-state index contributed by atoms with van der Waals surface area (Å²) in [7, 11) is 3.89. The summed E-state index contributed by atoms with van der Waals surface area (Å²) in [6.45, 7) is 8.40. The van der Waals surface area contributed by atoms with Crippen molar-refractivity contribution in [2.45, 2.75) is 51.6 Å². The van der Waals surface area contributed by atoms with Crippen molar-refractivity contribution >= 4 is 5.96 Å². The van der Waals surface area contributed by atoms with Crippen molar-refractivity contribution in [1.29, 1.82) is 0 Å². The van der Waals surface area contributed by atoms with Gasteiger partial charge in [0.1, 0.15) is 0 Å². The molecule has 1 fully saturated rings. The largest absolute Gasteiger partial charge is 0.385 e. The molecule has 0 saturated heterocycles. The molecule has 0 heterocycles. The second-order valence-corrected chi connectivity index (χ2v) is 6.47. The van der Waals surface area contributed by atoms with Gasteiger partial charge in [0.2, 0.25) is 0 Å². The van der Waals surface area contributed by atoms with Crippen molar-refractivity contribution in [2.24, 2.45) is 4.99 Å². The van der Waals surface area contributed by atoms with Crippen molar-refractivity contribution < 1.29 is 9.47 Å². The number of ether oxygens (including phenoxy) is 2. The van der Waals surface area contributed by atoms with Crippen LogP contribution in [0.1, 0.15) is 45.4 Å². The zero-order chi connectivity index (χ0) is 17.5. The highest BCUT2D eigenvalue weighted by atomic mass is 16.5. The van der Waals surface area contributed by atoms with Crippen LogP contribution in [-0.2, 0) is 9.47 Å². The van der Waals surface area contributed by atoms with Crippen molar-refractivity contribution in [3.05, 3.63) is 0 Å². The normalized spacial score (nSPS) is 16.1. The van der Waals surface area contributed by atoms with E-state index in [1.807, 2.05) is 0 Å². The van der Waals surface area contributed by atoms with Gasteiger partial charge in [-0.05, 0) is 39.7 Å². The molecule has 2 N–H and O–H groups in total. The standard InChI is InChI=1S/C18H38N4O2/c1-4-19-18(21-12-14-22(2)13-8-15-23-3)20-11-7-16-24-17-9-5-6-10-17/h17H,4-16H2,1-3H3,(H2,19,20,21). The number of hydrogen-bond acceptors (Lipinski definition) is 4. The molecule has 1 saturated carbocycles. The average Bonchev–Trinajstić information content (AvgIpc) is 3.08. The lowest BCUT2D eigenvalue weighted by Crippen LogP contribution is -2.41. The molecule has 24 heavy (non-hydrogen) atoms. The number of rotatable bonds is 13. The maximum absolute atomic E-state index is 5.88. The zero-order valence-electron chi connectivity index (χ0n) is 16.0. The molecule has 1 aliphatic rings. The number of methoxy groups -OCH3 is 1. The molecule has 0 amide bonds. The Bertz CT molecular complexity index is 320. The molecule has 0 radical (unpaired) electrons. The van der Waals surface area contributed by atoms with Crippen LogP contribution in [0.3, 0.4) is 0 Å². The van der Waals surface area contributed by atoms with Gasteiger partial charge in [0.05, 0.1) is 6.10 Å². The predicted molar refractivity (Wildman–Crippen MR) is 101 cm³/mol. The maximum Gasteiger partial charge on any atom is 0.191 e. The topological polar surface area (TPSA) is 58.1 Å². The molecule has 0 bridgehead atoms. The minimum atomic E-state index is 0.508. The summed E-state index contributed by atoms with van der Waals surface area (Å²) in [4.78, 5) is 6.94. The van der Waals surface area contributed by atoms with Crippen molar-refractivity contribution in [3.8, 4) is 0 Å². The van der Waals surface area contributed by atoms with Crippen LogP contribution in [-0.4, -0.2) is 77.1 Å². The molecule has 142 valence electrons. The predicted octanol–water partition coefficient (Wildman–Crippen LogP) is 1.86. The Balaban J connectivity index is 2.09. The van der Waals surface area contributed by atoms with Crippen LogP contribution in [0.5, 0.6) is 0 Å². The summed E-state index contributed by atoms with van der Waals surface area (Å²) in [5.41, 5.74) is 0. The van der Waals surface area contributed by atoms with Gasteiger partial charge in [-0.3, -0.25) is 4.99 Å². The fraction of sp³-hybridized carbons (Fsp3) is 0.944. The summed E-state index contributed by atoms with van der Waals surface area (Å²) in [6.07, 6.45) is 7.71. The molecule has 0 atom stereocenters. The van der Waals surface area contributed by atoms with E-state index in [-0.39, 0.29) is 0 Å². The summed E-state index contributed by atoms with van der Waals surface area (Å²) in [6, 6.07) is 0. The molecule has 6 heteroatoms. The van der Waals surface area contributed by atoms with E-state index in [9.17, 15) is 0 Å². The summed E-state index contributed by atoms with van der Waals surface area (Å²) in [5.74, 6) is 0.906. The van der Waals surface area contributed by atoms with E-state index in [0.717, 1.165) is 64.7 Å². The van der Waals surface area contributed by atoms with Crippen molar-refractivity contribution in [1.82, 2.24) is 15.5 Å². The first-order valence-corrected chi connectivity index (χ1v) is 9.57. The first-order chi connectivity index (χ1) is 11.8. The first-order valence-electron chi connectivity index (χ1n) is 9.57. The van der Waals surface area contributed by atoms with Crippen LogP contribution in [0.2, 0.25) is 0 Å². The Labute approximate surface area is 148 Å². The van der Waals surface area contributed by atoms with E-state index >= 15 is 0 Å². The average molecular weight is 343 g/mol. The number of guanidine groups is 1. The van der Waals surface area contributed by atoms with Gasteiger partial charge in [0, 0.05) is 53.0 Å². The minimum absolute atomic E-state index is 0.508. The summed E-state index contributed by atoms with van der Waals surface area (Å²) in [5, 5.41) is 6.70. The highest BCUT2D eigenvalue weighted by Crippen LogP contribution is 2.20. The molecule has 6 nitrogen and oxygen atoms in total. The lowest BCUT2D eigenvalue weighted by molar-refractivity contribution is 0.0579. The Hall–Kier alpha value is -0.850. The Morgan fingerprint density at radius 3 is 2.62 bits per heavy atom. The quantitative estimate of drug-likeness (QED) is 0.304. The van der Waals surface area contributed by atoms with E-state index in [4.69, 9.17) is 9.47 Å². The van der Waals surface area contributed by atoms with Crippen LogP contribution in [0.25, 0.3) is 0 Å². The van der Waals surface area contributed by atoms with E-state index in [1.165, 1.54) is 25.7 Å². The Morgan fingerprint density at radius 2 is 1.92 bits per heavy atom. The van der Waals surface area contributed by atoms with Gasteiger partial charge in [-0.2, -0.15) is 0 Å². The van der Waals surface area contributed by atoms with Gasteiger partial charge >= 0.3 is 0 Å². The van der Waals surface area contributed by atoms with E-state index in [2.05, 4.69) is 34.5 Å². The smallest absolute Gasteiger partial charge is 0.191 e. The zero-order valence-corrected chi connectivity index (χ0v) is 16.0. The molecule has 0 aromatic carbocycles. The Morgan fingerprint density at radius 1 is 1.12 bits per heavy atom. The van der Waals surface area contributed by atoms with Crippen LogP contribution < -0.4 is 10.6 Å². The number of hydrogen-bond donors (Lipinski definition) is 2. The third kappa shape index (κ3) is 10.8. The summed E-state index contributed by atoms with van der Waals surface area (Å²) >= 11 is 0. The molecule has 0 spiro atoms. The fourth-order valence-electron chi connectivity index (χ4n) is 2.86. The van der Waals surface area contributed by atoms with Gasteiger partial charge in [0.25, 0.3) is 0 Å². The number of nitrogens with zero attached hydrogens (tertiary/aromatic N) is 2. The maximum atomic E-state index is 5.88. The molecular weight excluding hydrogens is 304 g/mol. The molecular formula is C18H38N4O2. The number of aliphatic imine (C=N–C) groups is 1. The SMILES string of the molecule is CCNC(=NCCCOC1CCCC1)NCCN(C)CCCOC. The molecule has 0 unspecified atom stereocenters. The highest BCUT2D eigenvalue weighted by molar-refractivity contribution is 5.79. The van der Waals surface area contributed by atoms with Gasteiger partial charge in [-0.15, -0.1) is 0 Å². The van der Waals surface area contributed by atoms with Crippen LogP contribution in [0.15, 0.2) is 4.99 Å². The third-order valence-electron chi connectivity index (χ3n) is 4.25. The number of likely N-dealkylation sites (N-methyl/N-ethyl adjacent to an activating group) is 1. The molecule has 1 rings (SSSR count). The minimum Gasteiger partial charge on any atom is -0.385 e. The highest BCUT2D eigenvalue weighted by Gasteiger charge is 2.14. The van der Waals surface area contributed by atoms with Crippen LogP contribution >= 0.6 is 0 Å².